The molecule has 2 heterocycles. The number of rotatable bonds is 4. The van der Waals surface area contributed by atoms with Crippen LogP contribution >= 0.6 is 0 Å². The molecule has 2 atom stereocenters. The van der Waals surface area contributed by atoms with Crippen LogP contribution < -0.4 is 0 Å². The molecule has 0 radical (unpaired) electrons. The van der Waals surface area contributed by atoms with E-state index in [-0.39, 0.29) is 0 Å². The zero-order valence-electron chi connectivity index (χ0n) is 12.0. The van der Waals surface area contributed by atoms with E-state index in [0.717, 1.165) is 25.3 Å². The van der Waals surface area contributed by atoms with Crippen LogP contribution in [0.15, 0.2) is 0 Å². The lowest BCUT2D eigenvalue weighted by atomic mass is 9.97. The second-order valence-electron chi connectivity index (χ2n) is 6.46. The summed E-state index contributed by atoms with van der Waals surface area (Å²) in [6, 6.07) is 0.393. The van der Waals surface area contributed by atoms with Gasteiger partial charge < -0.3 is 4.90 Å². The number of nitrogens with zero attached hydrogens (tertiary/aromatic N) is 3. The van der Waals surface area contributed by atoms with Crippen molar-refractivity contribution in [3.8, 4) is 0 Å². The predicted octanol–water partition coefficient (Wildman–Crippen LogP) is 0.599. The topological polar surface area (TPSA) is 43.9 Å². The van der Waals surface area contributed by atoms with Gasteiger partial charge >= 0.3 is 0 Å². The van der Waals surface area contributed by atoms with E-state index in [1.54, 1.807) is 8.61 Å². The molecule has 19 heavy (non-hydrogen) atoms. The highest BCUT2D eigenvalue weighted by Gasteiger charge is 2.47. The van der Waals surface area contributed by atoms with E-state index >= 15 is 0 Å². The van der Waals surface area contributed by atoms with E-state index in [4.69, 9.17) is 0 Å². The van der Waals surface area contributed by atoms with Gasteiger partial charge in [0.1, 0.15) is 0 Å². The summed E-state index contributed by atoms with van der Waals surface area (Å²) >= 11 is 0. The van der Waals surface area contributed by atoms with E-state index in [1.807, 2.05) is 0 Å². The van der Waals surface area contributed by atoms with E-state index < -0.39 is 10.2 Å². The van der Waals surface area contributed by atoms with Crippen LogP contribution in [-0.4, -0.2) is 68.2 Å². The smallest absolute Gasteiger partial charge is 0.282 e. The Morgan fingerprint density at radius 2 is 1.63 bits per heavy atom. The second kappa shape index (κ2) is 4.98. The Hall–Kier alpha value is -0.170. The summed E-state index contributed by atoms with van der Waals surface area (Å²) in [7, 11) is 0.947. The quantitative estimate of drug-likeness (QED) is 0.760. The summed E-state index contributed by atoms with van der Waals surface area (Å²) in [5, 5.41) is 0. The molecule has 0 aromatic rings. The van der Waals surface area contributed by atoms with Gasteiger partial charge in [0.25, 0.3) is 10.2 Å². The number of likely N-dealkylation sites (N-methyl/N-ethyl adjacent to an activating group) is 1. The molecule has 0 amide bonds. The van der Waals surface area contributed by atoms with Crippen LogP contribution in [0, 0.1) is 11.8 Å². The molecule has 2 aliphatic heterocycles. The first-order valence-electron chi connectivity index (χ1n) is 7.42. The minimum atomic E-state index is -3.20. The lowest BCUT2D eigenvalue weighted by Crippen LogP contribution is -2.42. The summed E-state index contributed by atoms with van der Waals surface area (Å²) in [5.74, 6) is 1.29. The SMILES string of the molecule is CN(C)[C@H]1CN(S(=O)(=O)N2CCCC2)C[C@@H]1C1CC1. The average molecular weight is 287 g/mol. The van der Waals surface area contributed by atoms with Crippen LogP contribution in [-0.2, 0) is 10.2 Å². The third kappa shape index (κ3) is 2.55. The number of hydrogen-bond acceptors (Lipinski definition) is 3. The molecule has 1 aliphatic carbocycles. The van der Waals surface area contributed by atoms with Gasteiger partial charge in [0.15, 0.2) is 0 Å². The van der Waals surface area contributed by atoms with E-state index in [2.05, 4.69) is 19.0 Å². The molecular formula is C13H25N3O2S. The van der Waals surface area contributed by atoms with Gasteiger partial charge in [-0.1, -0.05) is 0 Å². The summed E-state index contributed by atoms with van der Waals surface area (Å²) in [5.41, 5.74) is 0. The molecule has 110 valence electrons. The zero-order valence-corrected chi connectivity index (χ0v) is 12.8. The third-order valence-corrected chi connectivity index (χ3v) is 6.88. The normalized spacial score (nSPS) is 34.5. The maximum atomic E-state index is 12.6. The minimum absolute atomic E-state index is 0.393. The van der Waals surface area contributed by atoms with Gasteiger partial charge in [0.2, 0.25) is 0 Å². The van der Waals surface area contributed by atoms with Gasteiger partial charge in [-0.15, -0.1) is 0 Å². The first-order valence-corrected chi connectivity index (χ1v) is 8.81. The van der Waals surface area contributed by atoms with Gasteiger partial charge in [-0.25, -0.2) is 0 Å². The average Bonchev–Trinajstić information content (AvgIpc) is 2.91. The van der Waals surface area contributed by atoms with Crippen LogP contribution in [0.1, 0.15) is 25.7 Å². The van der Waals surface area contributed by atoms with Gasteiger partial charge in [-0.2, -0.15) is 17.0 Å². The van der Waals surface area contributed by atoms with Crippen molar-refractivity contribution in [2.45, 2.75) is 31.7 Å². The van der Waals surface area contributed by atoms with Crippen molar-refractivity contribution in [2.24, 2.45) is 11.8 Å². The first kappa shape index (κ1) is 13.8. The van der Waals surface area contributed by atoms with Crippen LogP contribution in [0.4, 0.5) is 0 Å². The molecule has 0 aromatic carbocycles. The van der Waals surface area contributed by atoms with Crippen LogP contribution in [0.2, 0.25) is 0 Å². The fourth-order valence-electron chi connectivity index (χ4n) is 3.58. The maximum absolute atomic E-state index is 12.6. The summed E-state index contributed by atoms with van der Waals surface area (Å²) in [6.45, 7) is 2.82. The molecule has 0 bridgehead atoms. The van der Waals surface area contributed by atoms with Crippen molar-refractivity contribution in [3.05, 3.63) is 0 Å². The molecule has 0 spiro atoms. The second-order valence-corrected chi connectivity index (χ2v) is 8.39. The molecule has 0 N–H and O–H groups in total. The Kier molecular flexibility index (Phi) is 3.62. The zero-order chi connectivity index (χ0) is 13.6. The van der Waals surface area contributed by atoms with E-state index in [0.29, 0.717) is 31.6 Å². The maximum Gasteiger partial charge on any atom is 0.282 e. The molecule has 3 fully saturated rings. The molecule has 1 saturated carbocycles. The molecule has 0 aromatic heterocycles. The van der Waals surface area contributed by atoms with Crippen LogP contribution in [0.3, 0.4) is 0 Å². The molecule has 3 aliphatic rings. The lowest BCUT2D eigenvalue weighted by molar-refractivity contribution is 0.236. The van der Waals surface area contributed by atoms with Crippen molar-refractivity contribution < 1.29 is 8.42 Å². The fraction of sp³-hybridized carbons (Fsp3) is 1.00. The monoisotopic (exact) mass is 287 g/mol. The van der Waals surface area contributed by atoms with Crippen LogP contribution in [0.25, 0.3) is 0 Å². The highest BCUT2D eigenvalue weighted by atomic mass is 32.2. The standard InChI is InChI=1S/C13H25N3O2S/c1-14(2)13-10-16(9-12(13)11-5-6-11)19(17,18)15-7-3-4-8-15/h11-13H,3-10H2,1-2H3/t12-,13+/m1/s1. The van der Waals surface area contributed by atoms with Crippen molar-refractivity contribution in [1.82, 2.24) is 13.5 Å². The van der Waals surface area contributed by atoms with Crippen LogP contribution in [0.5, 0.6) is 0 Å². The highest BCUT2D eigenvalue weighted by molar-refractivity contribution is 7.86. The summed E-state index contributed by atoms with van der Waals surface area (Å²) in [6.07, 6.45) is 4.59. The molecule has 0 unspecified atom stereocenters. The Bertz CT molecular complexity index is 417. The fourth-order valence-corrected chi connectivity index (χ4v) is 5.33. The Morgan fingerprint density at radius 1 is 1.00 bits per heavy atom. The molecule has 5 nitrogen and oxygen atoms in total. The van der Waals surface area contributed by atoms with Crippen molar-refractivity contribution in [2.75, 3.05) is 40.3 Å². The summed E-state index contributed by atoms with van der Waals surface area (Å²) in [4.78, 5) is 2.21. The van der Waals surface area contributed by atoms with Crippen molar-refractivity contribution >= 4 is 10.2 Å². The van der Waals surface area contributed by atoms with Gasteiger partial charge in [0, 0.05) is 32.2 Å². The van der Waals surface area contributed by atoms with E-state index in [9.17, 15) is 8.42 Å². The Labute approximate surface area is 116 Å². The summed E-state index contributed by atoms with van der Waals surface area (Å²) < 4.78 is 28.7. The van der Waals surface area contributed by atoms with Gasteiger partial charge in [-0.05, 0) is 51.6 Å². The predicted molar refractivity (Wildman–Crippen MR) is 75.0 cm³/mol. The first-order chi connectivity index (χ1) is 9.00. The molecule has 2 saturated heterocycles. The van der Waals surface area contributed by atoms with E-state index in [1.165, 1.54) is 12.8 Å². The number of hydrogen-bond donors (Lipinski definition) is 0. The largest absolute Gasteiger partial charge is 0.305 e. The minimum Gasteiger partial charge on any atom is -0.305 e. The molecular weight excluding hydrogens is 262 g/mol. The molecule has 3 rings (SSSR count). The highest BCUT2D eigenvalue weighted by Crippen LogP contribution is 2.43. The van der Waals surface area contributed by atoms with Crippen molar-refractivity contribution in [3.63, 3.8) is 0 Å². The Morgan fingerprint density at radius 3 is 2.16 bits per heavy atom. The van der Waals surface area contributed by atoms with Gasteiger partial charge in [-0.3, -0.25) is 0 Å². The lowest BCUT2D eigenvalue weighted by Gasteiger charge is -2.25. The van der Waals surface area contributed by atoms with Crippen molar-refractivity contribution in [1.29, 1.82) is 0 Å². The van der Waals surface area contributed by atoms with Gasteiger partial charge in [0.05, 0.1) is 0 Å². The third-order valence-electron chi connectivity index (χ3n) is 4.91. The molecule has 6 heteroatoms. The Balaban J connectivity index is 1.75.